The monoisotopic (exact) mass is 270 g/mol. The lowest BCUT2D eigenvalue weighted by atomic mass is 10.3. The fourth-order valence-electron chi connectivity index (χ4n) is 1.57. The van der Waals surface area contributed by atoms with Crippen molar-refractivity contribution in [1.29, 1.82) is 0 Å². The molecule has 2 aromatic rings. The van der Waals surface area contributed by atoms with Crippen molar-refractivity contribution in [3.05, 3.63) is 28.9 Å². The highest BCUT2D eigenvalue weighted by atomic mass is 32.2. The fraction of sp³-hybridized carbons (Fsp3) is 0.400. The molecule has 0 aliphatic carbocycles. The molecule has 0 aromatic carbocycles. The first kappa shape index (κ1) is 12.6. The maximum Gasteiger partial charge on any atom is 0.238 e. The molecule has 0 atom stereocenters. The quantitative estimate of drug-likeness (QED) is 0.871. The van der Waals surface area contributed by atoms with Gasteiger partial charge in [-0.3, -0.25) is 9.82 Å². The van der Waals surface area contributed by atoms with Gasteiger partial charge in [-0.1, -0.05) is 5.16 Å². The summed E-state index contributed by atoms with van der Waals surface area (Å²) >= 11 is 0. The molecule has 98 valence electrons. The van der Waals surface area contributed by atoms with Crippen molar-refractivity contribution in [1.82, 2.24) is 15.4 Å². The van der Waals surface area contributed by atoms with E-state index in [9.17, 15) is 8.42 Å². The molecule has 0 aliphatic heterocycles. The molecule has 0 fully saturated rings. The SMILES string of the molecule is Cc1cc(CS(=O)(=O)Nc2c(C)n[nH]c2C)no1. The number of hydrogen-bond donors (Lipinski definition) is 2. The fourth-order valence-corrected chi connectivity index (χ4v) is 2.78. The van der Waals surface area contributed by atoms with Gasteiger partial charge in [0.2, 0.25) is 10.0 Å². The molecule has 0 aliphatic rings. The van der Waals surface area contributed by atoms with Crippen molar-refractivity contribution in [3.63, 3.8) is 0 Å². The number of aromatic nitrogens is 3. The topological polar surface area (TPSA) is 101 Å². The standard InChI is InChI=1S/C10H14N4O3S/c1-6-4-9(13-17-6)5-18(15,16)14-10-7(2)11-12-8(10)3/h4,14H,5H2,1-3H3,(H,11,12). The van der Waals surface area contributed by atoms with Crippen LogP contribution in [0.4, 0.5) is 5.69 Å². The number of sulfonamides is 1. The molecule has 18 heavy (non-hydrogen) atoms. The molecule has 0 bridgehead atoms. The number of anilines is 1. The van der Waals surface area contributed by atoms with Gasteiger partial charge in [-0.2, -0.15) is 5.10 Å². The summed E-state index contributed by atoms with van der Waals surface area (Å²) in [5, 5.41) is 10.3. The van der Waals surface area contributed by atoms with Crippen LogP contribution in [-0.4, -0.2) is 23.8 Å². The Morgan fingerprint density at radius 2 is 2.11 bits per heavy atom. The molecule has 7 nitrogen and oxygen atoms in total. The largest absolute Gasteiger partial charge is 0.361 e. The Balaban J connectivity index is 2.18. The summed E-state index contributed by atoms with van der Waals surface area (Å²) in [5.74, 6) is 0.352. The van der Waals surface area contributed by atoms with Crippen LogP contribution in [0.5, 0.6) is 0 Å². The third-order valence-electron chi connectivity index (χ3n) is 2.40. The zero-order valence-electron chi connectivity index (χ0n) is 10.3. The summed E-state index contributed by atoms with van der Waals surface area (Å²) in [6.45, 7) is 5.18. The third kappa shape index (κ3) is 2.70. The lowest BCUT2D eigenvalue weighted by Gasteiger charge is -2.06. The molecule has 2 rings (SSSR count). The number of nitrogens with one attached hydrogen (secondary N) is 2. The Bertz CT molecular complexity index is 637. The second-order valence-electron chi connectivity index (χ2n) is 4.10. The van der Waals surface area contributed by atoms with Gasteiger partial charge in [-0.15, -0.1) is 0 Å². The van der Waals surface area contributed by atoms with Crippen LogP contribution < -0.4 is 4.72 Å². The summed E-state index contributed by atoms with van der Waals surface area (Å²) in [6.07, 6.45) is 0. The van der Waals surface area contributed by atoms with Gasteiger partial charge in [0.1, 0.15) is 17.2 Å². The minimum atomic E-state index is -3.52. The highest BCUT2D eigenvalue weighted by molar-refractivity contribution is 7.91. The molecule has 0 saturated carbocycles. The van der Waals surface area contributed by atoms with E-state index in [2.05, 4.69) is 20.1 Å². The predicted octanol–water partition coefficient (Wildman–Crippen LogP) is 1.26. The predicted molar refractivity (Wildman–Crippen MR) is 65.5 cm³/mol. The molecular formula is C10H14N4O3S. The van der Waals surface area contributed by atoms with Crippen LogP contribution in [0.3, 0.4) is 0 Å². The van der Waals surface area contributed by atoms with Crippen molar-refractivity contribution in [2.24, 2.45) is 0 Å². The average molecular weight is 270 g/mol. The smallest absolute Gasteiger partial charge is 0.238 e. The number of rotatable bonds is 4. The van der Waals surface area contributed by atoms with Gasteiger partial charge in [0.15, 0.2) is 0 Å². The van der Waals surface area contributed by atoms with E-state index in [1.165, 1.54) is 0 Å². The zero-order chi connectivity index (χ0) is 13.3. The Morgan fingerprint density at radius 1 is 1.39 bits per heavy atom. The van der Waals surface area contributed by atoms with Crippen LogP contribution in [0.2, 0.25) is 0 Å². The highest BCUT2D eigenvalue weighted by Gasteiger charge is 2.18. The van der Waals surface area contributed by atoms with Crippen LogP contribution in [0.1, 0.15) is 22.8 Å². The van der Waals surface area contributed by atoms with Gasteiger partial charge in [-0.25, -0.2) is 8.42 Å². The first-order valence-electron chi connectivity index (χ1n) is 5.31. The van der Waals surface area contributed by atoms with Crippen LogP contribution in [0, 0.1) is 20.8 Å². The van der Waals surface area contributed by atoms with Crippen LogP contribution >= 0.6 is 0 Å². The van der Waals surface area contributed by atoms with Gasteiger partial charge in [0.25, 0.3) is 0 Å². The van der Waals surface area contributed by atoms with Gasteiger partial charge >= 0.3 is 0 Å². The Labute approximate surface area is 105 Å². The molecule has 0 amide bonds. The molecule has 0 unspecified atom stereocenters. The molecule has 2 heterocycles. The number of nitrogens with zero attached hydrogens (tertiary/aromatic N) is 2. The van der Waals surface area contributed by atoms with Gasteiger partial charge < -0.3 is 4.52 Å². The minimum Gasteiger partial charge on any atom is -0.361 e. The van der Waals surface area contributed by atoms with E-state index in [1.807, 2.05) is 0 Å². The zero-order valence-corrected chi connectivity index (χ0v) is 11.1. The summed E-state index contributed by atoms with van der Waals surface area (Å²) in [5.41, 5.74) is 2.13. The van der Waals surface area contributed by atoms with Crippen LogP contribution in [0.25, 0.3) is 0 Å². The van der Waals surface area contributed by atoms with E-state index in [4.69, 9.17) is 4.52 Å². The van der Waals surface area contributed by atoms with E-state index in [-0.39, 0.29) is 5.75 Å². The number of hydrogen-bond acceptors (Lipinski definition) is 5. The summed E-state index contributed by atoms with van der Waals surface area (Å²) in [4.78, 5) is 0. The second-order valence-corrected chi connectivity index (χ2v) is 5.82. The molecule has 2 aromatic heterocycles. The van der Waals surface area contributed by atoms with Crippen molar-refractivity contribution in [2.75, 3.05) is 4.72 Å². The minimum absolute atomic E-state index is 0.228. The van der Waals surface area contributed by atoms with Gasteiger partial charge in [-0.05, 0) is 20.8 Å². The van der Waals surface area contributed by atoms with Crippen molar-refractivity contribution >= 4 is 15.7 Å². The van der Waals surface area contributed by atoms with Crippen molar-refractivity contribution < 1.29 is 12.9 Å². The molecule has 0 saturated heterocycles. The Kier molecular flexibility index (Phi) is 3.12. The Morgan fingerprint density at radius 3 is 2.61 bits per heavy atom. The summed E-state index contributed by atoms with van der Waals surface area (Å²) in [6, 6.07) is 1.59. The van der Waals surface area contributed by atoms with E-state index >= 15 is 0 Å². The molecular weight excluding hydrogens is 256 g/mol. The molecule has 2 N–H and O–H groups in total. The molecule has 0 spiro atoms. The summed E-state index contributed by atoms with van der Waals surface area (Å²) in [7, 11) is -3.52. The first-order valence-corrected chi connectivity index (χ1v) is 6.97. The number of aryl methyl sites for hydroxylation is 3. The van der Waals surface area contributed by atoms with Gasteiger partial charge in [0, 0.05) is 6.07 Å². The molecule has 0 radical (unpaired) electrons. The van der Waals surface area contributed by atoms with E-state index in [0.717, 1.165) is 0 Å². The number of H-pyrrole nitrogens is 1. The third-order valence-corrected chi connectivity index (χ3v) is 3.59. The Hall–Kier alpha value is -1.83. The second kappa shape index (κ2) is 4.45. The number of aromatic amines is 1. The first-order chi connectivity index (χ1) is 8.37. The van der Waals surface area contributed by atoms with Crippen LogP contribution in [-0.2, 0) is 15.8 Å². The van der Waals surface area contributed by atoms with E-state index in [1.54, 1.807) is 26.8 Å². The lowest BCUT2D eigenvalue weighted by molar-refractivity contribution is 0.392. The average Bonchev–Trinajstić information content (AvgIpc) is 2.78. The van der Waals surface area contributed by atoms with Crippen molar-refractivity contribution in [2.45, 2.75) is 26.5 Å². The maximum atomic E-state index is 11.9. The normalized spacial score (nSPS) is 11.7. The lowest BCUT2D eigenvalue weighted by Crippen LogP contribution is -2.16. The van der Waals surface area contributed by atoms with E-state index < -0.39 is 10.0 Å². The van der Waals surface area contributed by atoms with Crippen LogP contribution in [0.15, 0.2) is 10.6 Å². The van der Waals surface area contributed by atoms with Crippen molar-refractivity contribution in [3.8, 4) is 0 Å². The van der Waals surface area contributed by atoms with Gasteiger partial charge in [0.05, 0.1) is 17.1 Å². The summed E-state index contributed by atoms with van der Waals surface area (Å²) < 4.78 is 31.2. The maximum absolute atomic E-state index is 11.9. The molecule has 8 heteroatoms. The van der Waals surface area contributed by atoms with E-state index in [0.29, 0.717) is 28.5 Å². The highest BCUT2D eigenvalue weighted by Crippen LogP contribution is 2.19.